The lowest BCUT2D eigenvalue weighted by Gasteiger charge is -2.32. The van der Waals surface area contributed by atoms with Crippen molar-refractivity contribution in [2.45, 2.75) is 45.1 Å². The fourth-order valence-electron chi connectivity index (χ4n) is 4.28. The van der Waals surface area contributed by atoms with E-state index in [1.54, 1.807) is 19.1 Å². The first-order valence-electron chi connectivity index (χ1n) is 11.0. The van der Waals surface area contributed by atoms with E-state index in [2.05, 4.69) is 21.3 Å². The van der Waals surface area contributed by atoms with Crippen molar-refractivity contribution in [3.05, 3.63) is 53.2 Å². The van der Waals surface area contributed by atoms with E-state index < -0.39 is 12.0 Å². The van der Waals surface area contributed by atoms with Crippen molar-refractivity contribution in [2.24, 2.45) is 11.7 Å². The number of primary amides is 1. The van der Waals surface area contributed by atoms with Gasteiger partial charge in [0.1, 0.15) is 5.82 Å². The molecule has 32 heavy (non-hydrogen) atoms. The van der Waals surface area contributed by atoms with Gasteiger partial charge in [-0.05, 0) is 74.4 Å². The SMILES string of the molecule is C[C@@H](OC(=O)C1CCN(c2ccc(C(N)=O)cn2)CC1)C(=O)Nc1ccc2c(c1)CCC2. The lowest BCUT2D eigenvalue weighted by atomic mass is 9.97. The second kappa shape index (κ2) is 9.38. The molecule has 1 aliphatic carbocycles. The van der Waals surface area contributed by atoms with Crippen molar-refractivity contribution in [3.63, 3.8) is 0 Å². The molecule has 8 nitrogen and oxygen atoms in total. The van der Waals surface area contributed by atoms with Crippen LogP contribution in [-0.4, -0.2) is 42.0 Å². The Balaban J connectivity index is 1.26. The van der Waals surface area contributed by atoms with Gasteiger partial charge in [0.2, 0.25) is 5.91 Å². The number of nitrogens with zero attached hydrogens (tertiary/aromatic N) is 2. The molecule has 2 amide bonds. The van der Waals surface area contributed by atoms with Crippen LogP contribution in [0.3, 0.4) is 0 Å². The van der Waals surface area contributed by atoms with E-state index in [0.29, 0.717) is 31.5 Å². The minimum Gasteiger partial charge on any atom is -0.452 e. The van der Waals surface area contributed by atoms with Crippen LogP contribution in [0.4, 0.5) is 11.5 Å². The van der Waals surface area contributed by atoms with Crippen molar-refractivity contribution in [3.8, 4) is 0 Å². The summed E-state index contributed by atoms with van der Waals surface area (Å²) in [5, 5.41) is 2.86. The predicted octanol–water partition coefficient (Wildman–Crippen LogP) is 2.46. The number of amides is 2. The molecule has 0 saturated carbocycles. The lowest BCUT2D eigenvalue weighted by Crippen LogP contribution is -2.39. The number of carbonyl (C=O) groups excluding carboxylic acids is 3. The van der Waals surface area contributed by atoms with Crippen LogP contribution in [0, 0.1) is 5.92 Å². The molecule has 8 heteroatoms. The average Bonchev–Trinajstić information content (AvgIpc) is 3.27. The highest BCUT2D eigenvalue weighted by Crippen LogP contribution is 2.26. The molecular formula is C24H28N4O4. The lowest BCUT2D eigenvalue weighted by molar-refractivity contribution is -0.157. The van der Waals surface area contributed by atoms with E-state index in [0.717, 1.165) is 30.8 Å². The van der Waals surface area contributed by atoms with Gasteiger partial charge in [0, 0.05) is 25.0 Å². The first-order chi connectivity index (χ1) is 15.4. The normalized spacial score (nSPS) is 16.8. The van der Waals surface area contributed by atoms with E-state index in [4.69, 9.17) is 10.5 Å². The van der Waals surface area contributed by atoms with Crippen LogP contribution in [0.2, 0.25) is 0 Å². The Kier molecular flexibility index (Phi) is 6.39. The number of rotatable bonds is 6. The van der Waals surface area contributed by atoms with Gasteiger partial charge in [-0.15, -0.1) is 0 Å². The zero-order valence-electron chi connectivity index (χ0n) is 18.2. The maximum Gasteiger partial charge on any atom is 0.309 e. The Morgan fingerprint density at radius 2 is 1.88 bits per heavy atom. The molecule has 4 rings (SSSR count). The molecule has 168 valence electrons. The molecule has 2 aromatic rings. The summed E-state index contributed by atoms with van der Waals surface area (Å²) in [7, 11) is 0. The maximum absolute atomic E-state index is 12.6. The molecule has 2 heterocycles. The highest BCUT2D eigenvalue weighted by molar-refractivity contribution is 5.95. The summed E-state index contributed by atoms with van der Waals surface area (Å²) in [6.07, 6.45) is 5.08. The molecule has 1 fully saturated rings. The molecule has 1 aliphatic heterocycles. The Hall–Kier alpha value is -3.42. The molecule has 1 aromatic carbocycles. The Morgan fingerprint density at radius 1 is 1.12 bits per heavy atom. The van der Waals surface area contributed by atoms with Crippen molar-refractivity contribution in [1.82, 2.24) is 4.98 Å². The number of carbonyl (C=O) groups is 3. The zero-order chi connectivity index (χ0) is 22.7. The number of aryl methyl sites for hydroxylation is 2. The first kappa shape index (κ1) is 21.8. The largest absolute Gasteiger partial charge is 0.452 e. The average molecular weight is 437 g/mol. The third-order valence-corrected chi connectivity index (χ3v) is 6.21. The van der Waals surface area contributed by atoms with Crippen LogP contribution in [0.25, 0.3) is 0 Å². The number of nitrogens with one attached hydrogen (secondary N) is 1. The summed E-state index contributed by atoms with van der Waals surface area (Å²) < 4.78 is 5.46. The highest BCUT2D eigenvalue weighted by Gasteiger charge is 2.29. The van der Waals surface area contributed by atoms with Crippen LogP contribution < -0.4 is 16.0 Å². The minimum absolute atomic E-state index is 0.258. The number of esters is 1. The number of pyridine rings is 1. The number of aromatic nitrogens is 1. The summed E-state index contributed by atoms with van der Waals surface area (Å²) in [6.45, 7) is 2.87. The number of nitrogens with two attached hydrogens (primary N) is 1. The molecule has 0 unspecified atom stereocenters. The Labute approximate surface area is 187 Å². The highest BCUT2D eigenvalue weighted by atomic mass is 16.5. The van der Waals surface area contributed by atoms with Crippen molar-refractivity contribution in [2.75, 3.05) is 23.3 Å². The second-order valence-electron chi connectivity index (χ2n) is 8.44. The molecular weight excluding hydrogens is 408 g/mol. The molecule has 1 saturated heterocycles. The van der Waals surface area contributed by atoms with Gasteiger partial charge in [-0.1, -0.05) is 6.07 Å². The van der Waals surface area contributed by atoms with Crippen LogP contribution in [0.15, 0.2) is 36.5 Å². The minimum atomic E-state index is -0.864. The standard InChI is InChI=1S/C24H28N4O4/c1-15(23(30)27-20-7-5-16-3-2-4-18(16)13-20)32-24(31)17-9-11-28(12-10-17)21-8-6-19(14-26-21)22(25)29/h5-8,13-15,17H,2-4,9-12H2,1H3,(H2,25,29)(H,27,30)/t15-/m1/s1. The van der Waals surface area contributed by atoms with E-state index in [9.17, 15) is 14.4 Å². The van der Waals surface area contributed by atoms with Crippen molar-refractivity contribution in [1.29, 1.82) is 0 Å². The first-order valence-corrected chi connectivity index (χ1v) is 11.0. The van der Waals surface area contributed by atoms with E-state index >= 15 is 0 Å². The fraction of sp³-hybridized carbons (Fsp3) is 0.417. The van der Waals surface area contributed by atoms with Crippen LogP contribution in [0.5, 0.6) is 0 Å². The van der Waals surface area contributed by atoms with Gasteiger partial charge in [0.15, 0.2) is 6.10 Å². The second-order valence-corrected chi connectivity index (χ2v) is 8.44. The summed E-state index contributed by atoms with van der Waals surface area (Å²) in [6, 6.07) is 9.36. The quantitative estimate of drug-likeness (QED) is 0.673. The summed E-state index contributed by atoms with van der Waals surface area (Å²) in [5.41, 5.74) is 8.96. The van der Waals surface area contributed by atoms with E-state index in [-0.39, 0.29) is 17.8 Å². The Morgan fingerprint density at radius 3 is 2.56 bits per heavy atom. The number of fused-ring (bicyclic) bond motifs is 1. The van der Waals surface area contributed by atoms with Gasteiger partial charge in [0.25, 0.3) is 5.91 Å². The third kappa shape index (κ3) is 4.90. The number of hydrogen-bond acceptors (Lipinski definition) is 6. The zero-order valence-corrected chi connectivity index (χ0v) is 18.2. The van der Waals surface area contributed by atoms with Gasteiger partial charge < -0.3 is 20.7 Å². The summed E-state index contributed by atoms with van der Waals surface area (Å²) in [5.74, 6) is -0.708. The fourth-order valence-corrected chi connectivity index (χ4v) is 4.28. The van der Waals surface area contributed by atoms with Crippen LogP contribution >= 0.6 is 0 Å². The number of hydrogen-bond donors (Lipinski definition) is 2. The summed E-state index contributed by atoms with van der Waals surface area (Å²) >= 11 is 0. The molecule has 3 N–H and O–H groups in total. The van der Waals surface area contributed by atoms with Crippen LogP contribution in [-0.2, 0) is 27.2 Å². The molecule has 1 aromatic heterocycles. The number of benzene rings is 1. The molecule has 0 radical (unpaired) electrons. The topological polar surface area (TPSA) is 115 Å². The Bertz CT molecular complexity index is 1010. The van der Waals surface area contributed by atoms with Crippen LogP contribution in [0.1, 0.15) is 47.7 Å². The molecule has 2 aliphatic rings. The smallest absolute Gasteiger partial charge is 0.309 e. The van der Waals surface area contributed by atoms with E-state index in [1.807, 2.05) is 12.1 Å². The van der Waals surface area contributed by atoms with Gasteiger partial charge in [0.05, 0.1) is 11.5 Å². The predicted molar refractivity (Wildman–Crippen MR) is 120 cm³/mol. The van der Waals surface area contributed by atoms with Crippen molar-refractivity contribution < 1.29 is 19.1 Å². The van der Waals surface area contributed by atoms with E-state index in [1.165, 1.54) is 17.3 Å². The number of anilines is 2. The van der Waals surface area contributed by atoms with Gasteiger partial charge in [-0.2, -0.15) is 0 Å². The molecule has 0 spiro atoms. The van der Waals surface area contributed by atoms with Gasteiger partial charge in [-0.3, -0.25) is 14.4 Å². The number of piperidine rings is 1. The summed E-state index contributed by atoms with van der Waals surface area (Å²) in [4.78, 5) is 42.6. The maximum atomic E-state index is 12.6. The molecule has 0 bridgehead atoms. The van der Waals surface area contributed by atoms with Gasteiger partial charge in [-0.25, -0.2) is 4.98 Å². The third-order valence-electron chi connectivity index (χ3n) is 6.21. The van der Waals surface area contributed by atoms with Gasteiger partial charge >= 0.3 is 5.97 Å². The van der Waals surface area contributed by atoms with Crippen molar-refractivity contribution >= 4 is 29.3 Å². The number of ether oxygens (including phenoxy) is 1. The monoisotopic (exact) mass is 436 g/mol. The molecule has 1 atom stereocenters.